The number of hydrogen-bond donors (Lipinski definition) is 1. The summed E-state index contributed by atoms with van der Waals surface area (Å²) in [5, 5.41) is 11.7. The van der Waals surface area contributed by atoms with Crippen molar-refractivity contribution in [1.82, 2.24) is 4.98 Å². The van der Waals surface area contributed by atoms with Crippen LogP contribution in [0.15, 0.2) is 70.6 Å². The molecule has 1 N–H and O–H groups in total. The largest absolute Gasteiger partial charge is 0.417 e. The second-order valence-corrected chi connectivity index (χ2v) is 8.48. The molecule has 0 saturated carbocycles. The molecule has 0 aliphatic rings. The molecule has 1 heterocycles. The summed E-state index contributed by atoms with van der Waals surface area (Å²) >= 11 is 1.01. The third kappa shape index (κ3) is 6.69. The highest BCUT2D eigenvalue weighted by atomic mass is 32.2. The number of aromatic nitrogens is 1. The Morgan fingerprint density at radius 1 is 1.09 bits per heavy atom. The van der Waals surface area contributed by atoms with Crippen LogP contribution in [0.3, 0.4) is 0 Å². The monoisotopic (exact) mass is 495 g/mol. The van der Waals surface area contributed by atoms with E-state index in [1.807, 2.05) is 0 Å². The summed E-state index contributed by atoms with van der Waals surface area (Å²) in [4.78, 5) is 16.6. The lowest BCUT2D eigenvalue weighted by Crippen LogP contribution is -2.15. The summed E-state index contributed by atoms with van der Waals surface area (Å²) in [5.74, 6) is -3.39. The summed E-state index contributed by atoms with van der Waals surface area (Å²) in [7, 11) is 0. The van der Waals surface area contributed by atoms with Crippen LogP contribution in [0.25, 0.3) is 11.3 Å². The molecule has 4 nitrogen and oxygen atoms in total. The number of alkyl halides is 5. The Balaban J connectivity index is 1.91. The first-order valence-electron chi connectivity index (χ1n) is 9.22. The van der Waals surface area contributed by atoms with E-state index >= 15 is 0 Å². The molecule has 0 saturated heterocycles. The maximum atomic E-state index is 13.7. The van der Waals surface area contributed by atoms with Crippen LogP contribution in [0.5, 0.6) is 0 Å². The Hall–Kier alpha value is -3.10. The molecule has 33 heavy (non-hydrogen) atoms. The number of nitrogens with zero attached hydrogens (tertiary/aromatic N) is 2. The number of pyridine rings is 1. The summed E-state index contributed by atoms with van der Waals surface area (Å²) in [6, 6.07) is 16.2. The highest BCUT2D eigenvalue weighted by Crippen LogP contribution is 2.38. The van der Waals surface area contributed by atoms with Crippen LogP contribution >= 0.6 is 23.5 Å². The van der Waals surface area contributed by atoms with Crippen molar-refractivity contribution in [1.29, 1.82) is 5.26 Å². The zero-order valence-electron chi connectivity index (χ0n) is 16.6. The lowest BCUT2D eigenvalue weighted by molar-refractivity contribution is -0.138. The molecule has 3 rings (SSSR count). The molecule has 0 radical (unpaired) electrons. The molecule has 0 unspecified atom stereocenters. The van der Waals surface area contributed by atoms with Crippen molar-refractivity contribution in [3.63, 3.8) is 0 Å². The molecule has 0 aliphatic carbocycles. The van der Waals surface area contributed by atoms with Crippen LogP contribution in [0.1, 0.15) is 11.1 Å². The van der Waals surface area contributed by atoms with Gasteiger partial charge >= 0.3 is 6.18 Å². The predicted molar refractivity (Wildman–Crippen MR) is 117 cm³/mol. The first-order valence-corrected chi connectivity index (χ1v) is 11.1. The summed E-state index contributed by atoms with van der Waals surface area (Å²) < 4.78 is 66.0. The van der Waals surface area contributed by atoms with E-state index in [0.29, 0.717) is 29.2 Å². The SMILES string of the molecule is N#Cc1c(C(F)(F)F)cc(-c2ccc(SC(F)F)cc2)nc1SCC(=O)Nc1ccccc1. The van der Waals surface area contributed by atoms with Crippen molar-refractivity contribution >= 4 is 35.1 Å². The minimum Gasteiger partial charge on any atom is -0.325 e. The summed E-state index contributed by atoms with van der Waals surface area (Å²) in [6.07, 6.45) is -4.84. The molecule has 0 aliphatic heterocycles. The van der Waals surface area contributed by atoms with Gasteiger partial charge in [0, 0.05) is 16.1 Å². The van der Waals surface area contributed by atoms with Crippen LogP contribution in [0.2, 0.25) is 0 Å². The van der Waals surface area contributed by atoms with Crippen molar-refractivity contribution in [2.75, 3.05) is 11.1 Å². The van der Waals surface area contributed by atoms with Crippen LogP contribution in [0, 0.1) is 11.3 Å². The van der Waals surface area contributed by atoms with Gasteiger partial charge in [0.15, 0.2) is 0 Å². The van der Waals surface area contributed by atoms with Crippen LogP contribution in [-0.4, -0.2) is 22.4 Å². The maximum absolute atomic E-state index is 13.7. The summed E-state index contributed by atoms with van der Waals surface area (Å²) in [5.41, 5.74) is -1.20. The van der Waals surface area contributed by atoms with E-state index in [2.05, 4.69) is 10.3 Å². The van der Waals surface area contributed by atoms with Crippen molar-refractivity contribution in [2.45, 2.75) is 21.9 Å². The highest BCUT2D eigenvalue weighted by molar-refractivity contribution is 8.00. The van der Waals surface area contributed by atoms with E-state index in [9.17, 15) is 32.0 Å². The fourth-order valence-electron chi connectivity index (χ4n) is 2.77. The molecule has 2 aromatic carbocycles. The molecular formula is C22H14F5N3OS2. The van der Waals surface area contributed by atoms with Gasteiger partial charge in [0.2, 0.25) is 5.91 Å². The van der Waals surface area contributed by atoms with Crippen molar-refractivity contribution in [2.24, 2.45) is 0 Å². The second kappa shape index (κ2) is 10.7. The van der Waals surface area contributed by atoms with Gasteiger partial charge in [-0.05, 0) is 30.3 Å². The van der Waals surface area contributed by atoms with Crippen molar-refractivity contribution in [3.8, 4) is 17.3 Å². The maximum Gasteiger partial charge on any atom is 0.417 e. The number of anilines is 1. The molecular weight excluding hydrogens is 481 g/mol. The number of benzene rings is 2. The summed E-state index contributed by atoms with van der Waals surface area (Å²) in [6.45, 7) is 0. The first-order chi connectivity index (χ1) is 15.7. The van der Waals surface area contributed by atoms with Gasteiger partial charge in [-0.15, -0.1) is 0 Å². The normalized spacial score (nSPS) is 11.3. The molecule has 1 aromatic heterocycles. The predicted octanol–water partition coefficient (Wildman–Crippen LogP) is 6.68. The number of hydrogen-bond acceptors (Lipinski definition) is 5. The van der Waals surface area contributed by atoms with E-state index < -0.39 is 29.0 Å². The first kappa shape index (κ1) is 24.5. The number of nitriles is 1. The molecule has 0 atom stereocenters. The standard InChI is InChI=1S/C22H14F5N3OS2/c23-21(24)33-15-8-6-13(7-9-15)18-10-17(22(25,26)27)16(11-28)20(30-18)32-12-19(31)29-14-4-2-1-3-5-14/h1-10,21H,12H2,(H,29,31). The van der Waals surface area contributed by atoms with E-state index in [4.69, 9.17) is 0 Å². The van der Waals surface area contributed by atoms with E-state index in [1.54, 1.807) is 30.3 Å². The van der Waals surface area contributed by atoms with Gasteiger partial charge in [0.1, 0.15) is 11.1 Å². The van der Waals surface area contributed by atoms with Gasteiger partial charge in [-0.2, -0.15) is 27.2 Å². The number of amides is 1. The number of thioether (sulfide) groups is 2. The Morgan fingerprint density at radius 2 is 1.76 bits per heavy atom. The Morgan fingerprint density at radius 3 is 2.33 bits per heavy atom. The minimum absolute atomic E-state index is 0.0964. The van der Waals surface area contributed by atoms with Gasteiger partial charge in [0.05, 0.1) is 22.6 Å². The molecule has 0 fully saturated rings. The lowest BCUT2D eigenvalue weighted by Gasteiger charge is -2.14. The number of halogens is 5. The molecule has 0 spiro atoms. The average Bonchev–Trinajstić information content (AvgIpc) is 2.77. The van der Waals surface area contributed by atoms with Crippen LogP contribution in [0.4, 0.5) is 27.6 Å². The minimum atomic E-state index is -4.84. The van der Waals surface area contributed by atoms with E-state index in [0.717, 1.165) is 6.07 Å². The Labute approximate surface area is 194 Å². The molecule has 11 heteroatoms. The Kier molecular flexibility index (Phi) is 7.94. The molecule has 1 amide bonds. The molecule has 0 bridgehead atoms. The number of para-hydroxylation sites is 1. The average molecular weight is 495 g/mol. The van der Waals surface area contributed by atoms with E-state index in [-0.39, 0.29) is 26.9 Å². The zero-order chi connectivity index (χ0) is 24.0. The fourth-order valence-corrected chi connectivity index (χ4v) is 4.07. The quantitative estimate of drug-likeness (QED) is 0.292. The van der Waals surface area contributed by atoms with Gasteiger partial charge in [-0.25, -0.2) is 4.98 Å². The van der Waals surface area contributed by atoms with Crippen LogP contribution < -0.4 is 5.32 Å². The third-order valence-corrected chi connectivity index (χ3v) is 5.87. The van der Waals surface area contributed by atoms with Crippen molar-refractivity contribution < 1.29 is 26.7 Å². The molecule has 170 valence electrons. The van der Waals surface area contributed by atoms with E-state index in [1.165, 1.54) is 30.3 Å². The van der Waals surface area contributed by atoms with Gasteiger partial charge in [-0.3, -0.25) is 4.79 Å². The Bertz CT molecular complexity index is 1160. The second-order valence-electron chi connectivity index (χ2n) is 6.45. The highest BCUT2D eigenvalue weighted by Gasteiger charge is 2.36. The molecule has 3 aromatic rings. The number of carbonyl (C=O) groups excluding carboxylic acids is 1. The number of nitrogens with one attached hydrogen (secondary N) is 1. The van der Waals surface area contributed by atoms with Gasteiger partial charge in [-0.1, -0.05) is 53.9 Å². The van der Waals surface area contributed by atoms with Crippen LogP contribution in [-0.2, 0) is 11.0 Å². The van der Waals surface area contributed by atoms with Gasteiger partial charge in [0.25, 0.3) is 5.76 Å². The lowest BCUT2D eigenvalue weighted by atomic mass is 10.1. The smallest absolute Gasteiger partial charge is 0.325 e. The topological polar surface area (TPSA) is 65.8 Å². The number of carbonyl (C=O) groups is 1. The third-order valence-electron chi connectivity index (χ3n) is 4.18. The van der Waals surface area contributed by atoms with Crippen molar-refractivity contribution in [3.05, 3.63) is 71.8 Å². The fraction of sp³-hybridized carbons (Fsp3) is 0.136. The zero-order valence-corrected chi connectivity index (χ0v) is 18.2. The number of rotatable bonds is 7. The van der Waals surface area contributed by atoms with Gasteiger partial charge < -0.3 is 5.32 Å².